The minimum Gasteiger partial charge on any atom is -0.381 e. The van der Waals surface area contributed by atoms with Crippen molar-refractivity contribution in [2.75, 3.05) is 26.3 Å². The van der Waals surface area contributed by atoms with Crippen LogP contribution in [0.3, 0.4) is 0 Å². The number of fused-ring (bicyclic) bond motifs is 1. The fourth-order valence-electron chi connectivity index (χ4n) is 3.94. The Bertz CT molecular complexity index is 993. The molecule has 3 aromatic rings. The number of halogens is 3. The van der Waals surface area contributed by atoms with Crippen LogP contribution in [0, 0.1) is 5.92 Å². The van der Waals surface area contributed by atoms with E-state index in [1.54, 1.807) is 16.8 Å². The number of ether oxygens (including phenoxy) is 1. The van der Waals surface area contributed by atoms with Gasteiger partial charge in [-0.05, 0) is 68.6 Å². The van der Waals surface area contributed by atoms with Crippen molar-refractivity contribution in [2.24, 2.45) is 5.92 Å². The molecule has 4 rings (SSSR count). The van der Waals surface area contributed by atoms with E-state index >= 15 is 0 Å². The van der Waals surface area contributed by atoms with Gasteiger partial charge in [0.25, 0.3) is 0 Å². The summed E-state index contributed by atoms with van der Waals surface area (Å²) in [6.45, 7) is 6.53. The number of pyridine rings is 2. The molecule has 30 heavy (non-hydrogen) atoms. The molecule has 0 atom stereocenters. The largest absolute Gasteiger partial charge is 0.433 e. The highest BCUT2D eigenvalue weighted by Gasteiger charge is 2.32. The second-order valence-electron chi connectivity index (χ2n) is 7.72. The zero-order valence-electron chi connectivity index (χ0n) is 16.9. The van der Waals surface area contributed by atoms with E-state index in [1.165, 1.54) is 6.20 Å². The monoisotopic (exact) mass is 418 g/mol. The summed E-state index contributed by atoms with van der Waals surface area (Å²) in [7, 11) is 0. The first-order valence-electron chi connectivity index (χ1n) is 10.2. The Morgan fingerprint density at radius 2 is 1.93 bits per heavy atom. The fourth-order valence-corrected chi connectivity index (χ4v) is 3.94. The maximum Gasteiger partial charge on any atom is 0.433 e. The van der Waals surface area contributed by atoms with Crippen LogP contribution in [0.1, 0.15) is 31.0 Å². The average Bonchev–Trinajstić information content (AvgIpc) is 3.16. The minimum atomic E-state index is -4.48. The van der Waals surface area contributed by atoms with E-state index in [-0.39, 0.29) is 0 Å². The van der Waals surface area contributed by atoms with Crippen molar-refractivity contribution in [2.45, 2.75) is 32.5 Å². The Hall–Kier alpha value is -2.45. The van der Waals surface area contributed by atoms with Gasteiger partial charge in [-0.1, -0.05) is 0 Å². The summed E-state index contributed by atoms with van der Waals surface area (Å²) in [6, 6.07) is 6.54. The van der Waals surface area contributed by atoms with E-state index in [0.717, 1.165) is 62.7 Å². The first-order valence-corrected chi connectivity index (χ1v) is 10.2. The van der Waals surface area contributed by atoms with Gasteiger partial charge in [-0.25, -0.2) is 4.98 Å². The van der Waals surface area contributed by atoms with Gasteiger partial charge in [0.1, 0.15) is 11.3 Å². The van der Waals surface area contributed by atoms with E-state index < -0.39 is 11.9 Å². The Balaban J connectivity index is 1.47. The van der Waals surface area contributed by atoms with E-state index in [1.807, 2.05) is 19.2 Å². The quantitative estimate of drug-likeness (QED) is 0.583. The van der Waals surface area contributed by atoms with Gasteiger partial charge in [0.15, 0.2) is 0 Å². The van der Waals surface area contributed by atoms with Crippen LogP contribution >= 0.6 is 0 Å². The number of alkyl halides is 3. The van der Waals surface area contributed by atoms with E-state index in [0.29, 0.717) is 17.3 Å². The molecule has 1 aliphatic heterocycles. The van der Waals surface area contributed by atoms with Crippen LogP contribution in [0.2, 0.25) is 0 Å². The second kappa shape index (κ2) is 8.73. The molecule has 4 heterocycles. The molecule has 1 saturated heterocycles. The first kappa shape index (κ1) is 20.8. The maximum atomic E-state index is 13.0. The van der Waals surface area contributed by atoms with Gasteiger partial charge in [0.05, 0.1) is 5.69 Å². The number of aromatic nitrogens is 3. The molecular weight excluding hydrogens is 393 g/mol. The summed E-state index contributed by atoms with van der Waals surface area (Å²) in [4.78, 5) is 10.4. The molecule has 0 radical (unpaired) electrons. The lowest BCUT2D eigenvalue weighted by Gasteiger charge is -2.31. The van der Waals surface area contributed by atoms with Gasteiger partial charge >= 0.3 is 6.18 Å². The third-order valence-electron chi connectivity index (χ3n) is 5.57. The molecule has 3 aromatic heterocycles. The highest BCUT2D eigenvalue weighted by atomic mass is 19.4. The summed E-state index contributed by atoms with van der Waals surface area (Å²) >= 11 is 0. The number of hydrogen-bond acceptors (Lipinski definition) is 4. The smallest absolute Gasteiger partial charge is 0.381 e. The summed E-state index contributed by atoms with van der Waals surface area (Å²) in [5, 5.41) is 0.907. The van der Waals surface area contributed by atoms with Crippen molar-refractivity contribution in [1.29, 1.82) is 0 Å². The van der Waals surface area contributed by atoms with Crippen LogP contribution in [-0.2, 0) is 17.5 Å². The lowest BCUT2D eigenvalue weighted by molar-refractivity contribution is -0.141. The summed E-state index contributed by atoms with van der Waals surface area (Å²) in [6.07, 6.45) is 2.53. The minimum absolute atomic E-state index is 0.393. The summed E-state index contributed by atoms with van der Waals surface area (Å²) < 4.78 is 46.2. The predicted molar refractivity (Wildman–Crippen MR) is 108 cm³/mol. The zero-order valence-corrected chi connectivity index (χ0v) is 16.9. The molecule has 0 aromatic carbocycles. The molecule has 0 spiro atoms. The Morgan fingerprint density at radius 3 is 2.67 bits per heavy atom. The van der Waals surface area contributed by atoms with Gasteiger partial charge in [-0.2, -0.15) is 13.2 Å². The maximum absolute atomic E-state index is 13.0. The molecule has 160 valence electrons. The van der Waals surface area contributed by atoms with Crippen LogP contribution < -0.4 is 0 Å². The van der Waals surface area contributed by atoms with Gasteiger partial charge in [-0.3, -0.25) is 9.88 Å². The van der Waals surface area contributed by atoms with Crippen LogP contribution in [0.4, 0.5) is 13.2 Å². The topological polar surface area (TPSA) is 43.2 Å². The van der Waals surface area contributed by atoms with Crippen molar-refractivity contribution in [3.05, 3.63) is 54.1 Å². The third kappa shape index (κ3) is 4.65. The lowest BCUT2D eigenvalue weighted by Crippen LogP contribution is -2.34. The lowest BCUT2D eigenvalue weighted by atomic mass is 9.97. The van der Waals surface area contributed by atoms with Crippen molar-refractivity contribution < 1.29 is 17.9 Å². The van der Waals surface area contributed by atoms with Crippen LogP contribution in [0.5, 0.6) is 0 Å². The normalized spacial score (nSPS) is 16.4. The van der Waals surface area contributed by atoms with Gasteiger partial charge in [0, 0.05) is 43.7 Å². The molecule has 0 unspecified atom stereocenters. The SMILES string of the molecule is CCOCC1CCN(Cc2cnc3c(ccn3-c3ccnc(C(F)(F)F)c3)c2)CC1. The molecule has 0 bridgehead atoms. The fraction of sp³-hybridized carbons (Fsp3) is 0.455. The van der Waals surface area contributed by atoms with Crippen LogP contribution in [0.15, 0.2) is 42.9 Å². The van der Waals surface area contributed by atoms with Crippen LogP contribution in [-0.4, -0.2) is 45.7 Å². The number of piperidine rings is 1. The molecule has 0 N–H and O–H groups in total. The van der Waals surface area contributed by atoms with Gasteiger partial charge in [-0.15, -0.1) is 0 Å². The van der Waals surface area contributed by atoms with E-state index in [4.69, 9.17) is 4.74 Å². The highest BCUT2D eigenvalue weighted by molar-refractivity contribution is 5.78. The van der Waals surface area contributed by atoms with Gasteiger partial charge < -0.3 is 9.30 Å². The van der Waals surface area contributed by atoms with Crippen molar-refractivity contribution in [3.8, 4) is 5.69 Å². The average molecular weight is 418 g/mol. The highest BCUT2D eigenvalue weighted by Crippen LogP contribution is 2.29. The number of hydrogen-bond donors (Lipinski definition) is 0. The molecule has 5 nitrogen and oxygen atoms in total. The van der Waals surface area contributed by atoms with Crippen molar-refractivity contribution >= 4 is 11.0 Å². The summed E-state index contributed by atoms with van der Waals surface area (Å²) in [5.74, 6) is 0.637. The first-order chi connectivity index (χ1) is 14.4. The van der Waals surface area contributed by atoms with Crippen molar-refractivity contribution in [3.63, 3.8) is 0 Å². The predicted octanol–water partition coefficient (Wildman–Crippen LogP) is 4.69. The van der Waals surface area contributed by atoms with Crippen LogP contribution in [0.25, 0.3) is 16.7 Å². The molecule has 0 amide bonds. The van der Waals surface area contributed by atoms with E-state index in [9.17, 15) is 13.2 Å². The summed E-state index contributed by atoms with van der Waals surface area (Å²) in [5.41, 5.74) is 1.22. The van der Waals surface area contributed by atoms with E-state index in [2.05, 4.69) is 20.9 Å². The Labute approximate surface area is 173 Å². The molecular formula is C22H25F3N4O. The number of rotatable bonds is 6. The van der Waals surface area contributed by atoms with Gasteiger partial charge in [0.2, 0.25) is 0 Å². The Kier molecular flexibility index (Phi) is 6.06. The third-order valence-corrected chi connectivity index (χ3v) is 5.57. The molecule has 0 saturated carbocycles. The second-order valence-corrected chi connectivity index (χ2v) is 7.72. The zero-order chi connectivity index (χ0) is 21.1. The number of likely N-dealkylation sites (tertiary alicyclic amines) is 1. The standard InChI is InChI=1S/C22H25F3N4O/c1-2-30-15-16-4-8-28(9-5-16)14-17-11-18-6-10-29(21(18)27-13-17)19-3-7-26-20(12-19)22(23,24)25/h3,6-7,10-13,16H,2,4-5,8-9,14-15H2,1H3. The molecule has 1 fully saturated rings. The number of nitrogens with zero attached hydrogens (tertiary/aromatic N) is 4. The molecule has 0 aliphatic carbocycles. The molecule has 1 aliphatic rings. The Morgan fingerprint density at radius 1 is 1.13 bits per heavy atom. The molecule has 8 heteroatoms. The van der Waals surface area contributed by atoms with Crippen molar-refractivity contribution in [1.82, 2.24) is 19.4 Å².